The van der Waals surface area contributed by atoms with Crippen LogP contribution >= 0.6 is 27.5 Å². The highest BCUT2D eigenvalue weighted by atomic mass is 79.9. The standard InChI is InChI=1S/C20H17BrClN3O2/c1-12-3-4-14(22)10-17(12)19-8-6-16(27-19)11-23-25-20(26)24-15-5-7-18(21)13(2)9-15/h3-11H,1-2H3,(H2,24,25,26)/b23-11+. The minimum absolute atomic E-state index is 0.439. The molecule has 7 heteroatoms. The van der Waals surface area contributed by atoms with Crippen molar-refractivity contribution in [3.8, 4) is 11.3 Å². The van der Waals surface area contributed by atoms with Crippen molar-refractivity contribution in [3.05, 3.63) is 74.9 Å². The molecular weight excluding hydrogens is 430 g/mol. The molecule has 0 unspecified atom stereocenters. The third-order valence-electron chi connectivity index (χ3n) is 3.87. The molecule has 0 aliphatic rings. The third-order valence-corrected chi connectivity index (χ3v) is 4.99. The Kier molecular flexibility index (Phi) is 5.98. The zero-order valence-electron chi connectivity index (χ0n) is 14.7. The van der Waals surface area contributed by atoms with Crippen LogP contribution < -0.4 is 10.7 Å². The van der Waals surface area contributed by atoms with E-state index in [0.717, 1.165) is 21.2 Å². The minimum Gasteiger partial charge on any atom is -0.455 e. The van der Waals surface area contributed by atoms with Crippen molar-refractivity contribution < 1.29 is 9.21 Å². The first-order chi connectivity index (χ1) is 12.9. The molecule has 0 spiro atoms. The Hall–Kier alpha value is -2.57. The Labute approximate surface area is 170 Å². The van der Waals surface area contributed by atoms with E-state index in [0.29, 0.717) is 22.2 Å². The summed E-state index contributed by atoms with van der Waals surface area (Å²) in [6.07, 6.45) is 1.44. The van der Waals surface area contributed by atoms with E-state index in [2.05, 4.69) is 31.8 Å². The van der Waals surface area contributed by atoms with Crippen molar-refractivity contribution in [2.45, 2.75) is 13.8 Å². The number of anilines is 1. The quantitative estimate of drug-likeness (QED) is 0.374. The summed E-state index contributed by atoms with van der Waals surface area (Å²) in [5.74, 6) is 1.20. The number of halogens is 2. The number of benzene rings is 2. The van der Waals surface area contributed by atoms with E-state index in [-0.39, 0.29) is 0 Å². The lowest BCUT2D eigenvalue weighted by Gasteiger charge is -2.06. The van der Waals surface area contributed by atoms with Gasteiger partial charge in [-0.3, -0.25) is 0 Å². The van der Waals surface area contributed by atoms with Crippen LogP contribution in [0, 0.1) is 13.8 Å². The van der Waals surface area contributed by atoms with Crippen LogP contribution in [0.1, 0.15) is 16.9 Å². The van der Waals surface area contributed by atoms with Crippen molar-refractivity contribution in [2.75, 3.05) is 5.32 Å². The van der Waals surface area contributed by atoms with Gasteiger partial charge in [-0.25, -0.2) is 10.2 Å². The number of carbonyl (C=O) groups excluding carboxylic acids is 1. The summed E-state index contributed by atoms with van der Waals surface area (Å²) in [5, 5.41) is 7.26. The fourth-order valence-electron chi connectivity index (χ4n) is 2.46. The van der Waals surface area contributed by atoms with Gasteiger partial charge in [-0.05, 0) is 67.4 Å². The van der Waals surface area contributed by atoms with Crippen molar-refractivity contribution in [2.24, 2.45) is 5.10 Å². The Bertz CT molecular complexity index is 1010. The summed E-state index contributed by atoms with van der Waals surface area (Å²) in [6, 6.07) is 14.3. The number of urea groups is 1. The lowest BCUT2D eigenvalue weighted by molar-refractivity contribution is 0.252. The highest BCUT2D eigenvalue weighted by Crippen LogP contribution is 2.27. The zero-order valence-corrected chi connectivity index (χ0v) is 17.1. The van der Waals surface area contributed by atoms with Crippen LogP contribution in [0.2, 0.25) is 5.02 Å². The first kappa shape index (κ1) is 19.2. The molecule has 0 aliphatic heterocycles. The topological polar surface area (TPSA) is 66.6 Å². The van der Waals surface area contributed by atoms with Gasteiger partial charge in [0.05, 0.1) is 6.21 Å². The number of aryl methyl sites for hydroxylation is 2. The molecule has 3 aromatic rings. The van der Waals surface area contributed by atoms with Gasteiger partial charge >= 0.3 is 6.03 Å². The summed E-state index contributed by atoms with van der Waals surface area (Å²) < 4.78 is 6.73. The maximum atomic E-state index is 11.9. The molecule has 27 heavy (non-hydrogen) atoms. The predicted molar refractivity (Wildman–Crippen MR) is 113 cm³/mol. The number of rotatable bonds is 4. The molecule has 0 fully saturated rings. The number of nitrogens with zero attached hydrogens (tertiary/aromatic N) is 1. The molecule has 1 aromatic heterocycles. The Balaban J connectivity index is 1.61. The molecule has 0 saturated carbocycles. The number of furan rings is 1. The highest BCUT2D eigenvalue weighted by Gasteiger charge is 2.08. The van der Waals surface area contributed by atoms with Gasteiger partial charge in [0, 0.05) is 20.7 Å². The Morgan fingerprint density at radius 2 is 1.93 bits per heavy atom. The van der Waals surface area contributed by atoms with Gasteiger partial charge in [-0.15, -0.1) is 0 Å². The summed E-state index contributed by atoms with van der Waals surface area (Å²) in [6.45, 7) is 3.93. The largest absolute Gasteiger partial charge is 0.455 e. The van der Waals surface area contributed by atoms with Crippen LogP contribution in [0.15, 0.2) is 62.5 Å². The van der Waals surface area contributed by atoms with E-state index in [1.165, 1.54) is 6.21 Å². The average molecular weight is 447 g/mol. The Morgan fingerprint density at radius 1 is 1.11 bits per heavy atom. The number of hydrazone groups is 1. The van der Waals surface area contributed by atoms with Gasteiger partial charge in [-0.2, -0.15) is 5.10 Å². The van der Waals surface area contributed by atoms with Gasteiger partial charge in [0.15, 0.2) is 0 Å². The summed E-state index contributed by atoms with van der Waals surface area (Å²) in [4.78, 5) is 11.9. The van der Waals surface area contributed by atoms with Crippen molar-refractivity contribution in [1.29, 1.82) is 0 Å². The summed E-state index contributed by atoms with van der Waals surface area (Å²) in [7, 11) is 0. The lowest BCUT2D eigenvalue weighted by Crippen LogP contribution is -2.24. The molecule has 0 bridgehead atoms. The van der Waals surface area contributed by atoms with Crippen LogP contribution in [-0.4, -0.2) is 12.2 Å². The monoisotopic (exact) mass is 445 g/mol. The number of hydrogen-bond acceptors (Lipinski definition) is 3. The van der Waals surface area contributed by atoms with E-state index in [1.807, 2.05) is 50.2 Å². The molecule has 0 radical (unpaired) electrons. The molecule has 2 aromatic carbocycles. The van der Waals surface area contributed by atoms with Crippen LogP contribution in [0.4, 0.5) is 10.5 Å². The van der Waals surface area contributed by atoms with Crippen LogP contribution in [0.3, 0.4) is 0 Å². The molecule has 0 aliphatic carbocycles. The summed E-state index contributed by atoms with van der Waals surface area (Å²) in [5.41, 5.74) is 6.08. The molecule has 0 saturated heterocycles. The van der Waals surface area contributed by atoms with E-state index < -0.39 is 6.03 Å². The van der Waals surface area contributed by atoms with Crippen LogP contribution in [0.25, 0.3) is 11.3 Å². The van der Waals surface area contributed by atoms with Crippen molar-refractivity contribution in [1.82, 2.24) is 5.43 Å². The third kappa shape index (κ3) is 4.99. The van der Waals surface area contributed by atoms with Crippen molar-refractivity contribution >= 4 is 45.5 Å². The average Bonchev–Trinajstić information content (AvgIpc) is 3.09. The van der Waals surface area contributed by atoms with E-state index in [9.17, 15) is 4.79 Å². The molecule has 0 atom stereocenters. The maximum absolute atomic E-state index is 11.9. The van der Waals surface area contributed by atoms with E-state index in [1.54, 1.807) is 12.1 Å². The van der Waals surface area contributed by atoms with Crippen LogP contribution in [-0.2, 0) is 0 Å². The second-order valence-electron chi connectivity index (χ2n) is 5.95. The van der Waals surface area contributed by atoms with Crippen LogP contribution in [0.5, 0.6) is 0 Å². The molecule has 138 valence electrons. The van der Waals surface area contributed by atoms with Gasteiger partial charge in [0.25, 0.3) is 0 Å². The molecular formula is C20H17BrClN3O2. The second kappa shape index (κ2) is 8.41. The smallest absolute Gasteiger partial charge is 0.339 e. The van der Waals surface area contributed by atoms with Gasteiger partial charge in [-0.1, -0.05) is 33.6 Å². The van der Waals surface area contributed by atoms with Gasteiger partial charge < -0.3 is 9.73 Å². The number of amides is 2. The first-order valence-corrected chi connectivity index (χ1v) is 9.32. The number of hydrogen-bond donors (Lipinski definition) is 2. The molecule has 2 amide bonds. The zero-order chi connectivity index (χ0) is 19.4. The second-order valence-corrected chi connectivity index (χ2v) is 7.24. The van der Waals surface area contributed by atoms with E-state index in [4.69, 9.17) is 16.0 Å². The molecule has 5 nitrogen and oxygen atoms in total. The lowest BCUT2D eigenvalue weighted by atomic mass is 10.1. The highest BCUT2D eigenvalue weighted by molar-refractivity contribution is 9.10. The normalized spacial score (nSPS) is 11.0. The number of carbonyl (C=O) groups is 1. The number of nitrogens with one attached hydrogen (secondary N) is 2. The van der Waals surface area contributed by atoms with Crippen molar-refractivity contribution in [3.63, 3.8) is 0 Å². The molecule has 3 rings (SSSR count). The fourth-order valence-corrected chi connectivity index (χ4v) is 2.88. The summed E-state index contributed by atoms with van der Waals surface area (Å²) >= 11 is 9.47. The van der Waals surface area contributed by atoms with Gasteiger partial charge in [0.2, 0.25) is 0 Å². The maximum Gasteiger partial charge on any atom is 0.339 e. The SMILES string of the molecule is Cc1cc(NC(=O)N/N=C/c2ccc(-c3cc(Cl)ccc3C)o2)ccc1Br. The fraction of sp³-hybridized carbons (Fsp3) is 0.100. The Morgan fingerprint density at radius 3 is 2.70 bits per heavy atom. The molecule has 2 N–H and O–H groups in total. The minimum atomic E-state index is -0.439. The molecule has 1 heterocycles. The predicted octanol–water partition coefficient (Wildman–Crippen LogP) is 6.13. The van der Waals surface area contributed by atoms with E-state index >= 15 is 0 Å². The first-order valence-electron chi connectivity index (χ1n) is 8.15. The van der Waals surface area contributed by atoms with Gasteiger partial charge in [0.1, 0.15) is 11.5 Å².